The minimum absolute atomic E-state index is 0.110. The molecule has 0 radical (unpaired) electrons. The highest BCUT2D eigenvalue weighted by Crippen LogP contribution is 2.38. The van der Waals surface area contributed by atoms with Crippen molar-refractivity contribution in [2.45, 2.75) is 13.8 Å². The van der Waals surface area contributed by atoms with E-state index in [0.29, 0.717) is 12.2 Å². The molecule has 1 aliphatic rings. The molecule has 1 aliphatic heterocycles. The number of H-pyrrole nitrogens is 1. The zero-order valence-electron chi connectivity index (χ0n) is 20.9. The van der Waals surface area contributed by atoms with Gasteiger partial charge in [0.2, 0.25) is 0 Å². The Morgan fingerprint density at radius 3 is 2.58 bits per heavy atom. The van der Waals surface area contributed by atoms with Crippen molar-refractivity contribution in [3.63, 3.8) is 0 Å². The van der Waals surface area contributed by atoms with Gasteiger partial charge in [0.25, 0.3) is 5.91 Å². The van der Waals surface area contributed by atoms with Crippen LogP contribution in [-0.2, 0) is 4.79 Å². The fraction of sp³-hybridized carbons (Fsp3) is 0.233. The van der Waals surface area contributed by atoms with E-state index in [1.807, 2.05) is 72.8 Å². The van der Waals surface area contributed by atoms with Gasteiger partial charge in [0, 0.05) is 40.0 Å². The molecular formula is C30H31N3O3. The van der Waals surface area contributed by atoms with Crippen molar-refractivity contribution >= 4 is 34.1 Å². The summed E-state index contributed by atoms with van der Waals surface area (Å²) in [6, 6.07) is 22.0. The van der Waals surface area contributed by atoms with Crippen LogP contribution in [0.2, 0.25) is 0 Å². The van der Waals surface area contributed by atoms with Crippen molar-refractivity contribution in [3.8, 4) is 22.6 Å². The molecule has 6 heteroatoms. The number of ether oxygens (including phenoxy) is 2. The van der Waals surface area contributed by atoms with E-state index in [0.717, 1.165) is 70.1 Å². The molecular weight excluding hydrogens is 450 g/mol. The average Bonchev–Trinajstić information content (AvgIpc) is 3.45. The molecule has 0 saturated carbocycles. The van der Waals surface area contributed by atoms with Gasteiger partial charge in [0.15, 0.2) is 0 Å². The molecule has 0 aliphatic carbocycles. The largest absolute Gasteiger partial charge is 0.496 e. The predicted octanol–water partition coefficient (Wildman–Crippen LogP) is 6.06. The number of hydrogen-bond acceptors (Lipinski definition) is 4. The minimum atomic E-state index is -0.110. The van der Waals surface area contributed by atoms with E-state index in [2.05, 4.69) is 29.0 Å². The Hall–Kier alpha value is -4.03. The normalized spacial score (nSPS) is 13.9. The van der Waals surface area contributed by atoms with Crippen LogP contribution < -0.4 is 14.8 Å². The topological polar surface area (TPSA) is 66.6 Å². The van der Waals surface area contributed by atoms with Crippen LogP contribution in [0.3, 0.4) is 0 Å². The number of hydrogen-bond donors (Lipinski definition) is 2. The quantitative estimate of drug-likeness (QED) is 0.285. The first-order valence-corrected chi connectivity index (χ1v) is 12.4. The van der Waals surface area contributed by atoms with Crippen molar-refractivity contribution in [2.75, 3.05) is 38.7 Å². The Bertz CT molecular complexity index is 1430. The molecule has 36 heavy (non-hydrogen) atoms. The van der Waals surface area contributed by atoms with Crippen molar-refractivity contribution in [1.82, 2.24) is 9.88 Å². The lowest BCUT2D eigenvalue weighted by molar-refractivity contribution is -0.110. The Labute approximate surface area is 211 Å². The highest BCUT2D eigenvalue weighted by atomic mass is 16.5. The molecule has 0 atom stereocenters. The van der Waals surface area contributed by atoms with Crippen LogP contribution >= 0.6 is 0 Å². The number of nitrogens with one attached hydrogen (secondary N) is 2. The maximum atomic E-state index is 12.9. The lowest BCUT2D eigenvalue weighted by Crippen LogP contribution is -2.27. The van der Waals surface area contributed by atoms with E-state index in [9.17, 15) is 4.79 Å². The third-order valence-corrected chi connectivity index (χ3v) is 6.70. The summed E-state index contributed by atoms with van der Waals surface area (Å²) >= 11 is 0. The van der Waals surface area contributed by atoms with Crippen LogP contribution in [0.1, 0.15) is 25.1 Å². The van der Waals surface area contributed by atoms with Gasteiger partial charge in [-0.1, -0.05) is 44.2 Å². The van der Waals surface area contributed by atoms with Gasteiger partial charge in [-0.05, 0) is 61.1 Å². The number of nitrogens with zero attached hydrogens (tertiary/aromatic N) is 1. The fourth-order valence-electron chi connectivity index (χ4n) is 4.68. The molecule has 2 heterocycles. The van der Waals surface area contributed by atoms with Crippen LogP contribution in [0, 0.1) is 0 Å². The Morgan fingerprint density at radius 1 is 0.944 bits per heavy atom. The molecule has 184 valence electrons. The Balaban J connectivity index is 1.38. The van der Waals surface area contributed by atoms with Crippen LogP contribution in [0.15, 0.2) is 66.7 Å². The first-order valence-electron chi connectivity index (χ1n) is 12.4. The number of para-hydroxylation sites is 1. The second-order valence-corrected chi connectivity index (χ2v) is 8.82. The Morgan fingerprint density at radius 2 is 1.78 bits per heavy atom. The first-order chi connectivity index (χ1) is 17.6. The number of benzene rings is 3. The molecule has 0 spiro atoms. The van der Waals surface area contributed by atoms with Gasteiger partial charge in [-0.3, -0.25) is 4.79 Å². The summed E-state index contributed by atoms with van der Waals surface area (Å²) in [4.78, 5) is 18.6. The van der Waals surface area contributed by atoms with E-state index in [1.54, 1.807) is 7.11 Å². The molecule has 0 fully saturated rings. The second kappa shape index (κ2) is 10.3. The molecule has 3 aromatic carbocycles. The number of likely N-dealkylation sites (N-methyl/N-ethyl adjacent to an activating group) is 1. The summed E-state index contributed by atoms with van der Waals surface area (Å²) in [7, 11) is 1.66. The predicted molar refractivity (Wildman–Crippen MR) is 147 cm³/mol. The van der Waals surface area contributed by atoms with Crippen molar-refractivity contribution in [1.29, 1.82) is 0 Å². The van der Waals surface area contributed by atoms with Gasteiger partial charge in [-0.15, -0.1) is 0 Å². The van der Waals surface area contributed by atoms with E-state index >= 15 is 0 Å². The highest BCUT2D eigenvalue weighted by molar-refractivity contribution is 6.35. The molecule has 1 amide bonds. The van der Waals surface area contributed by atoms with Gasteiger partial charge in [0.1, 0.15) is 18.1 Å². The zero-order chi connectivity index (χ0) is 25.1. The molecule has 2 N–H and O–H groups in total. The number of carbonyl (C=O) groups is 1. The summed E-state index contributed by atoms with van der Waals surface area (Å²) in [5.74, 6) is 1.54. The molecule has 5 rings (SSSR count). The van der Waals surface area contributed by atoms with Gasteiger partial charge in [-0.25, -0.2) is 0 Å². The SMILES string of the molecule is CCN(CC)CCOc1ccc2[nH]c(C=C3C(=O)Nc4cc(-c5ccccc5OC)ccc43)cc2c1. The number of methoxy groups -OCH3 is 1. The summed E-state index contributed by atoms with van der Waals surface area (Å²) in [5.41, 5.74) is 6.18. The third kappa shape index (κ3) is 4.72. The second-order valence-electron chi connectivity index (χ2n) is 8.82. The van der Waals surface area contributed by atoms with Crippen LogP contribution in [-0.4, -0.2) is 49.1 Å². The first kappa shape index (κ1) is 23.7. The van der Waals surface area contributed by atoms with Crippen LogP contribution in [0.25, 0.3) is 33.7 Å². The van der Waals surface area contributed by atoms with Crippen LogP contribution in [0.4, 0.5) is 5.69 Å². The van der Waals surface area contributed by atoms with E-state index in [-0.39, 0.29) is 5.91 Å². The third-order valence-electron chi connectivity index (χ3n) is 6.70. The lowest BCUT2D eigenvalue weighted by Gasteiger charge is -2.17. The lowest BCUT2D eigenvalue weighted by atomic mass is 9.99. The van der Waals surface area contributed by atoms with Gasteiger partial charge < -0.3 is 24.7 Å². The number of anilines is 1. The summed E-state index contributed by atoms with van der Waals surface area (Å²) in [5, 5.41) is 4.06. The van der Waals surface area contributed by atoms with Crippen LogP contribution in [0.5, 0.6) is 11.5 Å². The molecule has 4 aromatic rings. The highest BCUT2D eigenvalue weighted by Gasteiger charge is 2.25. The smallest absolute Gasteiger partial charge is 0.256 e. The van der Waals surface area contributed by atoms with Crippen molar-refractivity contribution in [2.24, 2.45) is 0 Å². The number of aromatic amines is 1. The average molecular weight is 482 g/mol. The number of aromatic nitrogens is 1. The van der Waals surface area contributed by atoms with E-state index in [1.165, 1.54) is 0 Å². The zero-order valence-corrected chi connectivity index (χ0v) is 20.9. The van der Waals surface area contributed by atoms with E-state index in [4.69, 9.17) is 9.47 Å². The number of amides is 1. The molecule has 0 saturated heterocycles. The maximum Gasteiger partial charge on any atom is 0.256 e. The molecule has 1 aromatic heterocycles. The van der Waals surface area contributed by atoms with Crippen molar-refractivity contribution < 1.29 is 14.3 Å². The van der Waals surface area contributed by atoms with Gasteiger partial charge in [0.05, 0.1) is 12.7 Å². The Kier molecular flexibility index (Phi) is 6.78. The molecule has 0 bridgehead atoms. The summed E-state index contributed by atoms with van der Waals surface area (Å²) in [6.07, 6.45) is 1.91. The molecule has 6 nitrogen and oxygen atoms in total. The fourth-order valence-corrected chi connectivity index (χ4v) is 4.68. The van der Waals surface area contributed by atoms with E-state index < -0.39 is 0 Å². The standard InChI is InChI=1S/C30H31N3O3/c1-4-33(5-2)14-15-36-23-11-13-27-21(17-23)16-22(31-27)19-26-25-12-10-20(18-28(25)32-30(26)34)24-8-6-7-9-29(24)35-3/h6-13,16-19,31H,4-5,14-15H2,1-3H3,(H,32,34). The number of fused-ring (bicyclic) bond motifs is 2. The van der Waals surface area contributed by atoms with Gasteiger partial charge in [-0.2, -0.15) is 0 Å². The van der Waals surface area contributed by atoms with Crippen molar-refractivity contribution in [3.05, 3.63) is 78.0 Å². The number of carbonyl (C=O) groups excluding carboxylic acids is 1. The summed E-state index contributed by atoms with van der Waals surface area (Å²) in [6.45, 7) is 7.92. The maximum absolute atomic E-state index is 12.9. The minimum Gasteiger partial charge on any atom is -0.496 e. The monoisotopic (exact) mass is 481 g/mol. The summed E-state index contributed by atoms with van der Waals surface area (Å²) < 4.78 is 11.5. The number of rotatable bonds is 9. The van der Waals surface area contributed by atoms with Gasteiger partial charge >= 0.3 is 0 Å². The molecule has 0 unspecified atom stereocenters.